The van der Waals surface area contributed by atoms with E-state index >= 15 is 0 Å². The van der Waals surface area contributed by atoms with E-state index in [0.29, 0.717) is 9.50 Å². The highest BCUT2D eigenvalue weighted by Gasteiger charge is 2.35. The Balaban J connectivity index is 1.29. The Bertz CT molecular complexity index is 1590. The highest BCUT2D eigenvalue weighted by Crippen LogP contribution is 2.39. The fourth-order valence-corrected chi connectivity index (χ4v) is 6.22. The summed E-state index contributed by atoms with van der Waals surface area (Å²) >= 11 is 9.26. The SMILES string of the molecule is C[C@]1(Cc2ccc(Cl)cc2)Cc2cc(-c3ccc(C(=O)NS(=O)(=O)c4cccc(Br)c4)cc3)ccc2O1. The topological polar surface area (TPSA) is 72.5 Å². The third kappa shape index (κ3) is 5.74. The highest BCUT2D eigenvalue weighted by molar-refractivity contribution is 9.10. The summed E-state index contributed by atoms with van der Waals surface area (Å²) in [4.78, 5) is 12.6. The molecule has 1 atom stereocenters. The van der Waals surface area contributed by atoms with E-state index in [1.54, 1.807) is 24.3 Å². The number of hydrogen-bond donors (Lipinski definition) is 1. The number of sulfonamides is 1. The first-order chi connectivity index (χ1) is 17.6. The number of amides is 1. The summed E-state index contributed by atoms with van der Waals surface area (Å²) in [7, 11) is -3.99. The molecule has 5 rings (SSSR count). The first-order valence-electron chi connectivity index (χ1n) is 11.6. The van der Waals surface area contributed by atoms with E-state index in [1.165, 1.54) is 12.1 Å². The van der Waals surface area contributed by atoms with Gasteiger partial charge in [-0.3, -0.25) is 4.79 Å². The maximum atomic E-state index is 12.6. The van der Waals surface area contributed by atoms with Crippen molar-refractivity contribution in [2.24, 2.45) is 0 Å². The zero-order chi connectivity index (χ0) is 26.2. The van der Waals surface area contributed by atoms with Crippen LogP contribution < -0.4 is 9.46 Å². The molecule has 1 amide bonds. The van der Waals surface area contributed by atoms with E-state index in [1.807, 2.05) is 48.5 Å². The lowest BCUT2D eigenvalue weighted by molar-refractivity contribution is 0.0981. The molecule has 0 unspecified atom stereocenters. The van der Waals surface area contributed by atoms with Crippen LogP contribution in [0.15, 0.2) is 100 Å². The maximum Gasteiger partial charge on any atom is 0.264 e. The van der Waals surface area contributed by atoms with Crippen LogP contribution in [0.1, 0.15) is 28.4 Å². The molecule has 1 aliphatic rings. The van der Waals surface area contributed by atoms with Crippen LogP contribution in [0.5, 0.6) is 5.75 Å². The van der Waals surface area contributed by atoms with E-state index < -0.39 is 15.9 Å². The predicted molar refractivity (Wildman–Crippen MR) is 149 cm³/mol. The van der Waals surface area contributed by atoms with Gasteiger partial charge in [0.15, 0.2) is 0 Å². The van der Waals surface area contributed by atoms with Gasteiger partial charge in [0.2, 0.25) is 0 Å². The molecule has 5 nitrogen and oxygen atoms in total. The third-order valence-corrected chi connectivity index (χ3v) is 8.36. The first-order valence-corrected chi connectivity index (χ1v) is 14.3. The quantitative estimate of drug-likeness (QED) is 0.265. The number of rotatable bonds is 6. The number of nitrogens with one attached hydrogen (secondary N) is 1. The molecule has 0 aromatic heterocycles. The summed E-state index contributed by atoms with van der Waals surface area (Å²) in [6.07, 6.45) is 1.54. The van der Waals surface area contributed by atoms with Gasteiger partial charge in [0, 0.05) is 27.9 Å². The molecular weight excluding hydrogens is 574 g/mol. The van der Waals surface area contributed by atoms with Gasteiger partial charge in [-0.25, -0.2) is 13.1 Å². The standard InChI is InChI=1S/C29H23BrClNO4S/c1-29(17-19-5-12-25(31)13-6-19)18-23-15-22(11-14-27(23)36-29)20-7-9-21(10-8-20)28(33)32-37(34,35)26-4-2-3-24(30)16-26/h2-16H,17-18H2,1H3,(H,32,33)/t29-/m0/s1. The van der Waals surface area contributed by atoms with Crippen LogP contribution in [-0.2, 0) is 22.9 Å². The average Bonchev–Trinajstić information content (AvgIpc) is 3.20. The van der Waals surface area contributed by atoms with Crippen molar-refractivity contribution in [2.75, 3.05) is 0 Å². The fraction of sp³-hybridized carbons (Fsp3) is 0.138. The number of hydrogen-bond acceptors (Lipinski definition) is 4. The average molecular weight is 597 g/mol. The zero-order valence-electron chi connectivity index (χ0n) is 19.9. The summed E-state index contributed by atoms with van der Waals surface area (Å²) in [6, 6.07) is 26.9. The van der Waals surface area contributed by atoms with Crippen LogP contribution in [-0.4, -0.2) is 19.9 Å². The Morgan fingerprint density at radius 3 is 2.38 bits per heavy atom. The lowest BCUT2D eigenvalue weighted by atomic mass is 9.91. The van der Waals surface area contributed by atoms with Crippen LogP contribution in [0.25, 0.3) is 11.1 Å². The van der Waals surface area contributed by atoms with E-state index in [9.17, 15) is 13.2 Å². The van der Waals surface area contributed by atoms with Crippen molar-refractivity contribution in [1.82, 2.24) is 4.72 Å². The van der Waals surface area contributed by atoms with E-state index in [4.69, 9.17) is 16.3 Å². The molecule has 8 heteroatoms. The second kappa shape index (κ2) is 9.97. The van der Waals surface area contributed by atoms with Gasteiger partial charge in [-0.1, -0.05) is 63.9 Å². The largest absolute Gasteiger partial charge is 0.487 e. The molecule has 0 radical (unpaired) electrons. The lowest BCUT2D eigenvalue weighted by Crippen LogP contribution is -2.32. The Hall–Kier alpha value is -3.13. The minimum Gasteiger partial charge on any atom is -0.487 e. The first kappa shape index (κ1) is 25.5. The van der Waals surface area contributed by atoms with Gasteiger partial charge in [-0.15, -0.1) is 0 Å². The highest BCUT2D eigenvalue weighted by atomic mass is 79.9. The number of halogens is 2. The Labute approximate surface area is 229 Å². The molecule has 1 aliphatic heterocycles. The minimum atomic E-state index is -3.99. The molecule has 0 aliphatic carbocycles. The number of fused-ring (bicyclic) bond motifs is 1. The van der Waals surface area contributed by atoms with Gasteiger partial charge in [0.1, 0.15) is 11.4 Å². The number of carbonyl (C=O) groups is 1. The van der Waals surface area contributed by atoms with E-state index in [2.05, 4.69) is 33.6 Å². The van der Waals surface area contributed by atoms with Crippen molar-refractivity contribution in [3.05, 3.63) is 117 Å². The number of benzene rings is 4. The molecule has 1 heterocycles. The zero-order valence-corrected chi connectivity index (χ0v) is 23.0. The monoisotopic (exact) mass is 595 g/mol. The second-order valence-electron chi connectivity index (χ2n) is 9.32. The minimum absolute atomic E-state index is 0.00951. The molecule has 1 N–H and O–H groups in total. The summed E-state index contributed by atoms with van der Waals surface area (Å²) in [5, 5.41) is 0.712. The van der Waals surface area contributed by atoms with Crippen molar-refractivity contribution >= 4 is 43.5 Å². The maximum absolute atomic E-state index is 12.6. The Kier molecular flexibility index (Phi) is 6.88. The van der Waals surface area contributed by atoms with Crippen molar-refractivity contribution in [3.63, 3.8) is 0 Å². The van der Waals surface area contributed by atoms with Crippen LogP contribution in [0.4, 0.5) is 0 Å². The van der Waals surface area contributed by atoms with Crippen LogP contribution in [0.3, 0.4) is 0 Å². The Morgan fingerprint density at radius 2 is 1.68 bits per heavy atom. The molecule has 4 aromatic carbocycles. The molecule has 188 valence electrons. The summed E-state index contributed by atoms with van der Waals surface area (Å²) < 4.78 is 34.2. The van der Waals surface area contributed by atoms with Crippen LogP contribution in [0.2, 0.25) is 5.02 Å². The van der Waals surface area contributed by atoms with Gasteiger partial charge in [-0.05, 0) is 83.8 Å². The number of carbonyl (C=O) groups excluding carboxylic acids is 1. The van der Waals surface area contributed by atoms with Gasteiger partial charge >= 0.3 is 0 Å². The molecule has 37 heavy (non-hydrogen) atoms. The predicted octanol–water partition coefficient (Wildman–Crippen LogP) is 6.82. The van der Waals surface area contributed by atoms with Gasteiger partial charge in [0.25, 0.3) is 15.9 Å². The third-order valence-electron chi connectivity index (χ3n) is 6.29. The molecule has 0 fully saturated rings. The van der Waals surface area contributed by atoms with E-state index in [0.717, 1.165) is 40.8 Å². The number of ether oxygens (including phenoxy) is 1. The molecule has 4 aromatic rings. The van der Waals surface area contributed by atoms with Crippen molar-refractivity contribution in [1.29, 1.82) is 0 Å². The summed E-state index contributed by atoms with van der Waals surface area (Å²) in [5.41, 5.74) is 4.09. The van der Waals surface area contributed by atoms with Gasteiger partial charge in [-0.2, -0.15) is 0 Å². The summed E-state index contributed by atoms with van der Waals surface area (Å²) in [6.45, 7) is 2.11. The van der Waals surface area contributed by atoms with Gasteiger partial charge < -0.3 is 4.74 Å². The van der Waals surface area contributed by atoms with E-state index in [-0.39, 0.29) is 16.1 Å². The normalized spacial score (nSPS) is 16.6. The van der Waals surface area contributed by atoms with Crippen LogP contribution >= 0.6 is 27.5 Å². The lowest BCUT2D eigenvalue weighted by Gasteiger charge is -2.24. The molecule has 0 saturated carbocycles. The fourth-order valence-electron chi connectivity index (χ4n) is 4.52. The van der Waals surface area contributed by atoms with Crippen molar-refractivity contribution < 1.29 is 17.9 Å². The summed E-state index contributed by atoms with van der Waals surface area (Å²) in [5.74, 6) is 0.181. The Morgan fingerprint density at radius 1 is 0.973 bits per heavy atom. The molecule has 0 spiro atoms. The van der Waals surface area contributed by atoms with Crippen molar-refractivity contribution in [3.8, 4) is 16.9 Å². The second-order valence-corrected chi connectivity index (χ2v) is 12.4. The molecular formula is C29H23BrClNO4S. The van der Waals surface area contributed by atoms with Crippen molar-refractivity contribution in [2.45, 2.75) is 30.3 Å². The molecule has 0 saturated heterocycles. The van der Waals surface area contributed by atoms with Crippen LogP contribution in [0, 0.1) is 0 Å². The molecule has 0 bridgehead atoms. The smallest absolute Gasteiger partial charge is 0.264 e. The van der Waals surface area contributed by atoms with Gasteiger partial charge in [0.05, 0.1) is 4.90 Å².